The quantitative estimate of drug-likeness (QED) is 0.751. The molecule has 2 aliphatic rings. The number of hydrogen-bond donors (Lipinski definition) is 2. The molecule has 1 heterocycles. The summed E-state index contributed by atoms with van der Waals surface area (Å²) >= 11 is 0. The van der Waals surface area contributed by atoms with Gasteiger partial charge < -0.3 is 15.3 Å². The van der Waals surface area contributed by atoms with Crippen LogP contribution in [0.25, 0.3) is 0 Å². The highest BCUT2D eigenvalue weighted by atomic mass is 16.3. The third kappa shape index (κ3) is 3.85. The van der Waals surface area contributed by atoms with Crippen molar-refractivity contribution in [2.75, 3.05) is 26.2 Å². The minimum Gasteiger partial charge on any atom is -0.396 e. The number of fused-ring (bicyclic) bond motifs is 1. The van der Waals surface area contributed by atoms with Crippen LogP contribution in [-0.2, 0) is 0 Å². The molecular formula is C15H28N2O2. The van der Waals surface area contributed by atoms with Crippen LogP contribution < -0.4 is 5.32 Å². The van der Waals surface area contributed by atoms with Gasteiger partial charge in [-0.15, -0.1) is 0 Å². The number of nitrogens with zero attached hydrogens (tertiary/aromatic N) is 1. The zero-order chi connectivity index (χ0) is 13.9. The minimum absolute atomic E-state index is 0.0323. The second-order valence-electron chi connectivity index (χ2n) is 7.01. The fraction of sp³-hybridized carbons (Fsp3) is 0.933. The molecule has 0 aromatic rings. The van der Waals surface area contributed by atoms with E-state index in [1.807, 2.05) is 4.90 Å². The summed E-state index contributed by atoms with van der Waals surface area (Å²) in [7, 11) is 0. The van der Waals surface area contributed by atoms with E-state index in [1.54, 1.807) is 0 Å². The van der Waals surface area contributed by atoms with Crippen LogP contribution >= 0.6 is 0 Å². The molecule has 0 bridgehead atoms. The first-order valence-electron chi connectivity index (χ1n) is 7.65. The second-order valence-corrected chi connectivity index (χ2v) is 7.01. The summed E-state index contributed by atoms with van der Waals surface area (Å²) in [4.78, 5) is 14.0. The lowest BCUT2D eigenvalue weighted by Gasteiger charge is -2.22. The van der Waals surface area contributed by atoms with Crippen molar-refractivity contribution in [3.63, 3.8) is 0 Å². The molecule has 0 aromatic carbocycles. The Labute approximate surface area is 116 Å². The highest BCUT2D eigenvalue weighted by Gasteiger charge is 2.37. The van der Waals surface area contributed by atoms with Crippen molar-refractivity contribution in [3.05, 3.63) is 0 Å². The van der Waals surface area contributed by atoms with Gasteiger partial charge in [0.05, 0.1) is 0 Å². The van der Waals surface area contributed by atoms with Crippen LogP contribution in [0.2, 0.25) is 0 Å². The first-order valence-corrected chi connectivity index (χ1v) is 7.65. The first-order chi connectivity index (χ1) is 9.02. The monoisotopic (exact) mass is 268 g/mol. The van der Waals surface area contributed by atoms with Crippen LogP contribution in [-0.4, -0.2) is 42.3 Å². The van der Waals surface area contributed by atoms with E-state index in [4.69, 9.17) is 0 Å². The largest absolute Gasteiger partial charge is 0.396 e. The Bertz CT molecular complexity index is 305. The Kier molecular flexibility index (Phi) is 4.71. The maximum atomic E-state index is 12.0. The van der Waals surface area contributed by atoms with Gasteiger partial charge >= 0.3 is 6.03 Å². The van der Waals surface area contributed by atoms with Crippen LogP contribution in [0.15, 0.2) is 0 Å². The molecule has 0 spiro atoms. The molecule has 19 heavy (non-hydrogen) atoms. The number of amides is 2. The summed E-state index contributed by atoms with van der Waals surface area (Å²) in [5.74, 6) is 1.53. The molecule has 0 radical (unpaired) electrons. The van der Waals surface area contributed by atoms with Crippen LogP contribution in [0.1, 0.15) is 46.0 Å². The van der Waals surface area contributed by atoms with Crippen molar-refractivity contribution in [2.45, 2.75) is 46.0 Å². The van der Waals surface area contributed by atoms with Crippen LogP contribution in [0.5, 0.6) is 0 Å². The number of likely N-dealkylation sites (tertiary alicyclic amines) is 1. The van der Waals surface area contributed by atoms with Crippen molar-refractivity contribution in [1.82, 2.24) is 10.2 Å². The smallest absolute Gasteiger partial charge is 0.317 e. The Hall–Kier alpha value is -0.770. The van der Waals surface area contributed by atoms with Gasteiger partial charge in [-0.25, -0.2) is 4.79 Å². The molecule has 2 rings (SSSR count). The van der Waals surface area contributed by atoms with Gasteiger partial charge in [0.15, 0.2) is 0 Å². The molecule has 2 amide bonds. The predicted molar refractivity (Wildman–Crippen MR) is 75.9 cm³/mol. The SMILES string of the molecule is CC(C)(CO)CCCNC(=O)N1CC2CCCC2C1. The zero-order valence-corrected chi connectivity index (χ0v) is 12.3. The van der Waals surface area contributed by atoms with Crippen LogP contribution in [0, 0.1) is 17.3 Å². The maximum Gasteiger partial charge on any atom is 0.317 e. The topological polar surface area (TPSA) is 52.6 Å². The zero-order valence-electron chi connectivity index (χ0n) is 12.3. The number of aliphatic hydroxyl groups excluding tert-OH is 1. The Morgan fingerprint density at radius 1 is 1.32 bits per heavy atom. The molecule has 2 atom stereocenters. The fourth-order valence-corrected chi connectivity index (χ4v) is 3.35. The van der Waals surface area contributed by atoms with Gasteiger partial charge in [-0.05, 0) is 42.9 Å². The molecule has 2 unspecified atom stereocenters. The normalized spacial score (nSPS) is 26.6. The molecule has 1 aliphatic carbocycles. The average molecular weight is 268 g/mol. The standard InChI is InChI=1S/C15H28N2O2/c1-15(2,11-18)7-4-8-16-14(19)17-9-12-5-3-6-13(12)10-17/h12-13,18H,3-11H2,1-2H3,(H,16,19). The second kappa shape index (κ2) is 6.12. The van der Waals surface area contributed by atoms with Crippen molar-refractivity contribution in [2.24, 2.45) is 17.3 Å². The number of hydrogen-bond acceptors (Lipinski definition) is 2. The van der Waals surface area contributed by atoms with E-state index < -0.39 is 0 Å². The summed E-state index contributed by atoms with van der Waals surface area (Å²) < 4.78 is 0. The van der Waals surface area contributed by atoms with Gasteiger partial charge in [0.25, 0.3) is 0 Å². The molecule has 1 saturated heterocycles. The minimum atomic E-state index is -0.0323. The van der Waals surface area contributed by atoms with Gasteiger partial charge in [-0.1, -0.05) is 20.3 Å². The van der Waals surface area contributed by atoms with Crippen molar-refractivity contribution in [1.29, 1.82) is 0 Å². The summed E-state index contributed by atoms with van der Waals surface area (Å²) in [6, 6.07) is 0.108. The van der Waals surface area contributed by atoms with Crippen molar-refractivity contribution in [3.8, 4) is 0 Å². The Morgan fingerprint density at radius 2 is 1.95 bits per heavy atom. The van der Waals surface area contributed by atoms with Crippen LogP contribution in [0.4, 0.5) is 4.79 Å². The summed E-state index contributed by atoms with van der Waals surface area (Å²) in [5.41, 5.74) is -0.0323. The lowest BCUT2D eigenvalue weighted by Crippen LogP contribution is -2.39. The van der Waals surface area contributed by atoms with E-state index in [1.165, 1.54) is 19.3 Å². The lowest BCUT2D eigenvalue weighted by molar-refractivity contribution is 0.147. The molecule has 110 valence electrons. The van der Waals surface area contributed by atoms with E-state index in [-0.39, 0.29) is 18.1 Å². The van der Waals surface area contributed by atoms with Crippen LogP contribution in [0.3, 0.4) is 0 Å². The van der Waals surface area contributed by atoms with E-state index in [9.17, 15) is 9.90 Å². The number of urea groups is 1. The number of rotatable bonds is 5. The average Bonchev–Trinajstić information content (AvgIpc) is 2.95. The number of carbonyl (C=O) groups is 1. The number of carbonyl (C=O) groups excluding carboxylic acids is 1. The molecule has 4 heteroatoms. The molecular weight excluding hydrogens is 240 g/mol. The van der Waals surface area contributed by atoms with Gasteiger partial charge in [-0.3, -0.25) is 0 Å². The summed E-state index contributed by atoms with van der Waals surface area (Å²) in [6.45, 7) is 6.94. The molecule has 2 N–H and O–H groups in total. The van der Waals surface area contributed by atoms with E-state index in [2.05, 4.69) is 19.2 Å². The van der Waals surface area contributed by atoms with E-state index in [0.29, 0.717) is 6.54 Å². The molecule has 2 fully saturated rings. The number of aliphatic hydroxyl groups is 1. The Balaban J connectivity index is 1.63. The molecule has 1 aliphatic heterocycles. The van der Waals surface area contributed by atoms with Crippen molar-refractivity contribution < 1.29 is 9.90 Å². The lowest BCUT2D eigenvalue weighted by atomic mass is 9.89. The molecule has 1 saturated carbocycles. The fourth-order valence-electron chi connectivity index (χ4n) is 3.35. The summed E-state index contributed by atoms with van der Waals surface area (Å²) in [6.07, 6.45) is 5.83. The van der Waals surface area contributed by atoms with E-state index in [0.717, 1.165) is 37.8 Å². The highest BCUT2D eigenvalue weighted by Crippen LogP contribution is 2.37. The van der Waals surface area contributed by atoms with Gasteiger partial charge in [0.2, 0.25) is 0 Å². The Morgan fingerprint density at radius 3 is 2.53 bits per heavy atom. The number of nitrogens with one attached hydrogen (secondary N) is 1. The summed E-state index contributed by atoms with van der Waals surface area (Å²) in [5, 5.41) is 12.2. The third-order valence-electron chi connectivity index (χ3n) is 4.75. The highest BCUT2D eigenvalue weighted by molar-refractivity contribution is 5.74. The van der Waals surface area contributed by atoms with Gasteiger partial charge in [0.1, 0.15) is 0 Å². The van der Waals surface area contributed by atoms with Gasteiger partial charge in [0, 0.05) is 26.2 Å². The van der Waals surface area contributed by atoms with Crippen molar-refractivity contribution >= 4 is 6.03 Å². The predicted octanol–water partition coefficient (Wildman–Crippen LogP) is 2.23. The maximum absolute atomic E-state index is 12.0. The molecule has 0 aromatic heterocycles. The first kappa shape index (κ1) is 14.6. The van der Waals surface area contributed by atoms with E-state index >= 15 is 0 Å². The molecule has 4 nitrogen and oxygen atoms in total. The van der Waals surface area contributed by atoms with Gasteiger partial charge in [-0.2, -0.15) is 0 Å². The third-order valence-corrected chi connectivity index (χ3v) is 4.75.